The topological polar surface area (TPSA) is 58.2 Å². The van der Waals surface area contributed by atoms with E-state index in [0.29, 0.717) is 5.69 Å². The zero-order chi connectivity index (χ0) is 14.8. The monoisotopic (exact) mass is 284 g/mol. The van der Waals surface area contributed by atoms with Crippen molar-refractivity contribution in [3.8, 4) is 0 Å². The minimum Gasteiger partial charge on any atom is -0.326 e. The summed E-state index contributed by atoms with van der Waals surface area (Å²) in [7, 11) is 0. The summed E-state index contributed by atoms with van der Waals surface area (Å²) in [6.07, 6.45) is 0.0558. The molecule has 0 radical (unpaired) electrons. The summed E-state index contributed by atoms with van der Waals surface area (Å²) in [5, 5.41) is 5.42. The van der Waals surface area contributed by atoms with Gasteiger partial charge in [-0.1, -0.05) is 18.2 Å². The molecule has 2 aromatic rings. The number of rotatable bonds is 3. The number of anilines is 2. The summed E-state index contributed by atoms with van der Waals surface area (Å²) >= 11 is 0. The minimum atomic E-state index is -0.485. The summed E-state index contributed by atoms with van der Waals surface area (Å²) in [5.41, 5.74) is 2.09. The van der Waals surface area contributed by atoms with E-state index in [2.05, 4.69) is 10.6 Å². The lowest BCUT2D eigenvalue weighted by atomic mass is 9.97. The van der Waals surface area contributed by atoms with E-state index < -0.39 is 5.92 Å². The highest BCUT2D eigenvalue weighted by atomic mass is 19.1. The van der Waals surface area contributed by atoms with Gasteiger partial charge in [0.2, 0.25) is 11.8 Å². The number of amides is 2. The van der Waals surface area contributed by atoms with Crippen molar-refractivity contribution in [2.45, 2.75) is 12.3 Å². The third-order valence-electron chi connectivity index (χ3n) is 3.43. The fourth-order valence-corrected chi connectivity index (χ4v) is 2.41. The number of carbonyl (C=O) groups is 2. The Bertz CT molecular complexity index is 698. The Balaban J connectivity index is 1.70. The number of halogens is 1. The molecule has 0 saturated heterocycles. The molecule has 1 unspecified atom stereocenters. The van der Waals surface area contributed by atoms with Crippen molar-refractivity contribution < 1.29 is 14.0 Å². The quantitative estimate of drug-likeness (QED) is 0.910. The molecule has 0 spiro atoms. The van der Waals surface area contributed by atoms with Crippen LogP contribution in [0.15, 0.2) is 48.5 Å². The van der Waals surface area contributed by atoms with E-state index in [4.69, 9.17) is 0 Å². The molecule has 1 atom stereocenters. The Labute approximate surface area is 121 Å². The molecule has 2 amide bonds. The van der Waals surface area contributed by atoms with Crippen LogP contribution in [0.5, 0.6) is 0 Å². The van der Waals surface area contributed by atoms with Gasteiger partial charge in [-0.25, -0.2) is 4.39 Å². The van der Waals surface area contributed by atoms with Gasteiger partial charge in [0.05, 0.1) is 5.92 Å². The second kappa shape index (κ2) is 5.36. The summed E-state index contributed by atoms with van der Waals surface area (Å²) in [4.78, 5) is 23.9. The molecule has 4 nitrogen and oxygen atoms in total. The standard InChI is InChI=1S/C16H13FN2O2/c17-10-5-7-11(8-6-10)18-15(20)9-13-12-3-1-2-4-14(12)19-16(13)21/h1-8,13H,9H2,(H,18,20)(H,19,21). The molecule has 1 aliphatic rings. The Hall–Kier alpha value is -2.69. The van der Waals surface area contributed by atoms with Crippen molar-refractivity contribution in [2.75, 3.05) is 10.6 Å². The molecule has 2 aromatic carbocycles. The third-order valence-corrected chi connectivity index (χ3v) is 3.43. The number of fused-ring (bicyclic) bond motifs is 1. The van der Waals surface area contributed by atoms with Crippen LogP contribution in [0.3, 0.4) is 0 Å². The van der Waals surface area contributed by atoms with Crippen molar-refractivity contribution in [1.29, 1.82) is 0 Å². The lowest BCUT2D eigenvalue weighted by Crippen LogP contribution is -2.20. The van der Waals surface area contributed by atoms with Crippen molar-refractivity contribution in [2.24, 2.45) is 0 Å². The predicted molar refractivity (Wildman–Crippen MR) is 77.5 cm³/mol. The Kier molecular flexibility index (Phi) is 3.39. The average Bonchev–Trinajstić information content (AvgIpc) is 2.78. The molecule has 3 rings (SSSR count). The van der Waals surface area contributed by atoms with E-state index in [1.54, 1.807) is 0 Å². The second-order valence-electron chi connectivity index (χ2n) is 4.89. The largest absolute Gasteiger partial charge is 0.326 e. The van der Waals surface area contributed by atoms with E-state index in [0.717, 1.165) is 11.3 Å². The van der Waals surface area contributed by atoms with Gasteiger partial charge in [-0.2, -0.15) is 0 Å². The number of benzene rings is 2. The van der Waals surface area contributed by atoms with Crippen molar-refractivity contribution in [1.82, 2.24) is 0 Å². The van der Waals surface area contributed by atoms with Crippen LogP contribution < -0.4 is 10.6 Å². The molecule has 106 valence electrons. The van der Waals surface area contributed by atoms with Crippen LogP contribution in [0.1, 0.15) is 17.9 Å². The van der Waals surface area contributed by atoms with Gasteiger partial charge in [-0.3, -0.25) is 9.59 Å². The zero-order valence-corrected chi connectivity index (χ0v) is 11.1. The molecule has 21 heavy (non-hydrogen) atoms. The summed E-state index contributed by atoms with van der Waals surface area (Å²) < 4.78 is 12.8. The van der Waals surface area contributed by atoms with Gasteiger partial charge in [0.25, 0.3) is 0 Å². The molecule has 0 bridgehead atoms. The smallest absolute Gasteiger partial charge is 0.232 e. The number of carbonyl (C=O) groups excluding carboxylic acids is 2. The molecule has 1 aliphatic heterocycles. The van der Waals surface area contributed by atoms with Crippen LogP contribution in [0.4, 0.5) is 15.8 Å². The van der Waals surface area contributed by atoms with Crippen LogP contribution in [0.25, 0.3) is 0 Å². The lowest BCUT2D eigenvalue weighted by Gasteiger charge is -2.09. The van der Waals surface area contributed by atoms with Gasteiger partial charge in [-0.05, 0) is 35.9 Å². The molecule has 0 aromatic heterocycles. The van der Waals surface area contributed by atoms with E-state index >= 15 is 0 Å². The molecular weight excluding hydrogens is 271 g/mol. The van der Waals surface area contributed by atoms with Crippen molar-refractivity contribution in [3.63, 3.8) is 0 Å². The molecule has 0 aliphatic carbocycles. The number of hydrogen-bond acceptors (Lipinski definition) is 2. The maximum Gasteiger partial charge on any atom is 0.232 e. The Morgan fingerprint density at radius 2 is 1.86 bits per heavy atom. The highest BCUT2D eigenvalue weighted by Crippen LogP contribution is 2.34. The summed E-state index contributed by atoms with van der Waals surface area (Å²) in [5.74, 6) is -1.30. The van der Waals surface area contributed by atoms with Crippen LogP contribution >= 0.6 is 0 Å². The van der Waals surface area contributed by atoms with E-state index in [-0.39, 0.29) is 24.1 Å². The van der Waals surface area contributed by atoms with Crippen LogP contribution in [0.2, 0.25) is 0 Å². The normalized spacial score (nSPS) is 16.2. The van der Waals surface area contributed by atoms with Crippen molar-refractivity contribution >= 4 is 23.2 Å². The first kappa shape index (κ1) is 13.3. The highest BCUT2D eigenvalue weighted by Gasteiger charge is 2.31. The maximum atomic E-state index is 12.8. The molecular formula is C16H13FN2O2. The van der Waals surface area contributed by atoms with E-state index in [1.165, 1.54) is 24.3 Å². The molecule has 0 fully saturated rings. The summed E-state index contributed by atoms with van der Waals surface area (Å²) in [6.45, 7) is 0. The van der Waals surface area contributed by atoms with Gasteiger partial charge in [0, 0.05) is 17.8 Å². The van der Waals surface area contributed by atoms with Crippen LogP contribution in [-0.2, 0) is 9.59 Å². The zero-order valence-electron chi connectivity index (χ0n) is 11.1. The van der Waals surface area contributed by atoms with Gasteiger partial charge >= 0.3 is 0 Å². The van der Waals surface area contributed by atoms with Crippen LogP contribution in [0, 0.1) is 5.82 Å². The van der Waals surface area contributed by atoms with Crippen molar-refractivity contribution in [3.05, 3.63) is 59.9 Å². The Morgan fingerprint density at radius 1 is 1.14 bits per heavy atom. The average molecular weight is 284 g/mol. The van der Waals surface area contributed by atoms with Crippen LogP contribution in [-0.4, -0.2) is 11.8 Å². The fraction of sp³-hybridized carbons (Fsp3) is 0.125. The molecule has 0 saturated carbocycles. The van der Waals surface area contributed by atoms with Gasteiger partial charge < -0.3 is 10.6 Å². The number of nitrogens with one attached hydrogen (secondary N) is 2. The highest BCUT2D eigenvalue weighted by molar-refractivity contribution is 6.06. The molecule has 5 heteroatoms. The number of hydrogen-bond donors (Lipinski definition) is 2. The Morgan fingerprint density at radius 3 is 2.62 bits per heavy atom. The van der Waals surface area contributed by atoms with E-state index in [9.17, 15) is 14.0 Å². The third kappa shape index (κ3) is 2.76. The minimum absolute atomic E-state index is 0.0558. The molecule has 2 N–H and O–H groups in total. The first-order chi connectivity index (χ1) is 10.1. The molecule has 1 heterocycles. The first-order valence-corrected chi connectivity index (χ1v) is 6.59. The van der Waals surface area contributed by atoms with E-state index in [1.807, 2.05) is 24.3 Å². The fourth-order valence-electron chi connectivity index (χ4n) is 2.41. The lowest BCUT2D eigenvalue weighted by molar-refractivity contribution is -0.122. The first-order valence-electron chi connectivity index (χ1n) is 6.59. The van der Waals surface area contributed by atoms with Gasteiger partial charge in [0.15, 0.2) is 0 Å². The van der Waals surface area contributed by atoms with Gasteiger partial charge in [0.1, 0.15) is 5.82 Å². The number of para-hydroxylation sites is 1. The second-order valence-corrected chi connectivity index (χ2v) is 4.89. The van der Waals surface area contributed by atoms with Gasteiger partial charge in [-0.15, -0.1) is 0 Å². The SMILES string of the molecule is O=C(CC1C(=O)Nc2ccccc21)Nc1ccc(F)cc1. The summed E-state index contributed by atoms with van der Waals surface area (Å²) in [6, 6.07) is 12.8. The predicted octanol–water partition coefficient (Wildman–Crippen LogP) is 2.89. The maximum absolute atomic E-state index is 12.8.